The summed E-state index contributed by atoms with van der Waals surface area (Å²) in [4.78, 5) is 7.99. The average molecular weight is 287 g/mol. The van der Waals surface area contributed by atoms with Crippen LogP contribution in [0.15, 0.2) is 48.7 Å². The molecule has 0 aliphatic rings. The number of aromatic nitrogens is 2. The Morgan fingerprint density at radius 1 is 1.10 bits per heavy atom. The van der Waals surface area contributed by atoms with Gasteiger partial charge in [0, 0.05) is 5.39 Å². The van der Waals surface area contributed by atoms with Crippen LogP contribution in [0.25, 0.3) is 10.8 Å². The lowest BCUT2D eigenvalue weighted by Gasteiger charge is -2.10. The number of nitrogens with one attached hydrogen (secondary N) is 1. The Morgan fingerprint density at radius 3 is 2.75 bits per heavy atom. The number of nitrogens with zero attached hydrogens (tertiary/aromatic N) is 2. The molecule has 2 aromatic carbocycles. The highest BCUT2D eigenvalue weighted by molar-refractivity contribution is 6.31. The summed E-state index contributed by atoms with van der Waals surface area (Å²) in [6, 6.07) is 13.7. The van der Waals surface area contributed by atoms with Crippen LogP contribution in [0.5, 0.6) is 11.6 Å². The third-order valence-corrected chi connectivity index (χ3v) is 3.06. The first-order chi connectivity index (χ1) is 9.78. The molecule has 5 nitrogen and oxygen atoms in total. The first-order valence-electron chi connectivity index (χ1n) is 5.92. The molecule has 0 radical (unpaired) electrons. The van der Waals surface area contributed by atoms with Gasteiger partial charge in [-0.15, -0.1) is 0 Å². The minimum atomic E-state index is 0.240. The van der Waals surface area contributed by atoms with Gasteiger partial charge in [-0.05, 0) is 11.5 Å². The number of fused-ring (bicyclic) bond motifs is 1. The number of hydrogen-bond acceptors (Lipinski definition) is 5. The molecule has 3 rings (SSSR count). The molecule has 100 valence electrons. The number of hydrogen-bond donors (Lipinski definition) is 2. The molecule has 0 fully saturated rings. The van der Waals surface area contributed by atoms with Crippen molar-refractivity contribution in [1.82, 2.24) is 9.97 Å². The topological polar surface area (TPSA) is 73.1 Å². The van der Waals surface area contributed by atoms with Gasteiger partial charge in [-0.1, -0.05) is 48.0 Å². The Kier molecular flexibility index (Phi) is 3.37. The zero-order chi connectivity index (χ0) is 13.9. The number of halogens is 1. The van der Waals surface area contributed by atoms with E-state index in [4.69, 9.17) is 22.2 Å². The van der Waals surface area contributed by atoms with Crippen LogP contribution >= 0.6 is 11.6 Å². The first-order valence-corrected chi connectivity index (χ1v) is 6.30. The van der Waals surface area contributed by atoms with E-state index >= 15 is 0 Å². The molecule has 0 atom stereocenters. The molecule has 20 heavy (non-hydrogen) atoms. The van der Waals surface area contributed by atoms with Crippen LogP contribution < -0.4 is 16.0 Å². The monoisotopic (exact) mass is 286 g/mol. The van der Waals surface area contributed by atoms with Gasteiger partial charge in [0.15, 0.2) is 0 Å². The predicted molar refractivity (Wildman–Crippen MR) is 78.9 cm³/mol. The van der Waals surface area contributed by atoms with E-state index in [0.29, 0.717) is 10.8 Å². The number of hydrazine groups is 1. The summed E-state index contributed by atoms with van der Waals surface area (Å²) in [6.45, 7) is 0. The van der Waals surface area contributed by atoms with Crippen molar-refractivity contribution in [3.63, 3.8) is 0 Å². The molecule has 3 N–H and O–H groups in total. The summed E-state index contributed by atoms with van der Waals surface area (Å²) >= 11 is 6.04. The van der Waals surface area contributed by atoms with Crippen LogP contribution in [0.3, 0.4) is 0 Å². The second-order valence-corrected chi connectivity index (χ2v) is 4.48. The second kappa shape index (κ2) is 5.32. The van der Waals surface area contributed by atoms with Crippen molar-refractivity contribution >= 4 is 28.3 Å². The van der Waals surface area contributed by atoms with Gasteiger partial charge in [0.05, 0.1) is 6.20 Å². The molecule has 0 saturated carbocycles. The van der Waals surface area contributed by atoms with Gasteiger partial charge in [0.1, 0.15) is 10.8 Å². The number of nitrogens with two attached hydrogens (primary N) is 1. The first kappa shape index (κ1) is 12.7. The summed E-state index contributed by atoms with van der Waals surface area (Å²) < 4.78 is 5.79. The molecule has 3 aromatic rings. The van der Waals surface area contributed by atoms with Gasteiger partial charge in [-0.3, -0.25) is 5.43 Å². The summed E-state index contributed by atoms with van der Waals surface area (Å²) in [6.07, 6.45) is 1.43. The zero-order valence-corrected chi connectivity index (χ0v) is 11.1. The third-order valence-electron chi connectivity index (χ3n) is 2.80. The molecule has 0 saturated heterocycles. The quantitative estimate of drug-likeness (QED) is 0.570. The fourth-order valence-corrected chi connectivity index (χ4v) is 2.01. The van der Waals surface area contributed by atoms with Crippen molar-refractivity contribution in [3.8, 4) is 11.6 Å². The van der Waals surface area contributed by atoms with Gasteiger partial charge in [-0.25, -0.2) is 10.8 Å². The van der Waals surface area contributed by atoms with Crippen molar-refractivity contribution < 1.29 is 4.74 Å². The maximum Gasteiger partial charge on any atom is 0.243 e. The molecule has 1 aromatic heterocycles. The van der Waals surface area contributed by atoms with Crippen molar-refractivity contribution in [2.75, 3.05) is 5.43 Å². The lowest BCUT2D eigenvalue weighted by atomic mass is 10.1. The minimum Gasteiger partial charge on any atom is -0.437 e. The molecule has 0 amide bonds. The van der Waals surface area contributed by atoms with Gasteiger partial charge in [0.2, 0.25) is 11.8 Å². The fraction of sp³-hybridized carbons (Fsp3) is 0. The number of anilines is 1. The zero-order valence-electron chi connectivity index (χ0n) is 10.4. The van der Waals surface area contributed by atoms with Gasteiger partial charge in [-0.2, -0.15) is 4.98 Å². The number of ether oxygens (including phenoxy) is 1. The van der Waals surface area contributed by atoms with Crippen molar-refractivity contribution in [3.05, 3.63) is 53.7 Å². The number of benzene rings is 2. The van der Waals surface area contributed by atoms with E-state index in [1.165, 1.54) is 6.20 Å². The van der Waals surface area contributed by atoms with E-state index in [1.807, 2.05) is 42.5 Å². The van der Waals surface area contributed by atoms with Gasteiger partial charge < -0.3 is 4.74 Å². The van der Waals surface area contributed by atoms with E-state index in [0.717, 1.165) is 10.8 Å². The van der Waals surface area contributed by atoms with Crippen LogP contribution in [0.2, 0.25) is 5.02 Å². The van der Waals surface area contributed by atoms with Crippen LogP contribution in [-0.4, -0.2) is 9.97 Å². The highest BCUT2D eigenvalue weighted by Crippen LogP contribution is 2.32. The summed E-state index contributed by atoms with van der Waals surface area (Å²) in [7, 11) is 0. The molecule has 1 heterocycles. The summed E-state index contributed by atoms with van der Waals surface area (Å²) in [5.41, 5.74) is 2.36. The van der Waals surface area contributed by atoms with Gasteiger partial charge in [0.25, 0.3) is 0 Å². The predicted octanol–water partition coefficient (Wildman–Crippen LogP) is 3.36. The van der Waals surface area contributed by atoms with E-state index in [1.54, 1.807) is 0 Å². The smallest absolute Gasteiger partial charge is 0.243 e. The largest absolute Gasteiger partial charge is 0.437 e. The normalized spacial score (nSPS) is 10.5. The summed E-state index contributed by atoms with van der Waals surface area (Å²) in [5, 5.41) is 2.37. The summed E-state index contributed by atoms with van der Waals surface area (Å²) in [5.74, 6) is 6.45. The Hall–Kier alpha value is -2.37. The Balaban J connectivity index is 2.05. The SMILES string of the molecule is NNc1ncc(Cl)c(Oc2cccc3ccccc23)n1. The highest BCUT2D eigenvalue weighted by atomic mass is 35.5. The van der Waals surface area contributed by atoms with Crippen LogP contribution in [0.4, 0.5) is 5.95 Å². The van der Waals surface area contributed by atoms with Crippen molar-refractivity contribution in [1.29, 1.82) is 0 Å². The molecule has 0 bridgehead atoms. The van der Waals surface area contributed by atoms with E-state index in [9.17, 15) is 0 Å². The molecular formula is C14H11ClN4O. The molecule has 0 aliphatic carbocycles. The number of nitrogen functional groups attached to an aromatic ring is 1. The minimum absolute atomic E-state index is 0.240. The van der Waals surface area contributed by atoms with E-state index in [2.05, 4.69) is 15.4 Å². The van der Waals surface area contributed by atoms with Crippen molar-refractivity contribution in [2.45, 2.75) is 0 Å². The van der Waals surface area contributed by atoms with Crippen LogP contribution in [0, 0.1) is 0 Å². The van der Waals surface area contributed by atoms with Crippen LogP contribution in [-0.2, 0) is 0 Å². The van der Waals surface area contributed by atoms with E-state index < -0.39 is 0 Å². The standard InChI is InChI=1S/C14H11ClN4O/c15-11-8-17-14(19-16)18-13(11)20-12-7-3-5-9-4-1-2-6-10(9)12/h1-8H,16H2,(H,17,18,19). The second-order valence-electron chi connectivity index (χ2n) is 4.07. The molecule has 0 unspecified atom stereocenters. The van der Waals surface area contributed by atoms with Crippen LogP contribution in [0.1, 0.15) is 0 Å². The Morgan fingerprint density at radius 2 is 1.90 bits per heavy atom. The maximum atomic E-state index is 6.04. The Labute approximate surface area is 120 Å². The molecule has 6 heteroatoms. The lowest BCUT2D eigenvalue weighted by Crippen LogP contribution is -2.10. The number of rotatable bonds is 3. The maximum absolute atomic E-state index is 6.04. The molecule has 0 spiro atoms. The highest BCUT2D eigenvalue weighted by Gasteiger charge is 2.09. The lowest BCUT2D eigenvalue weighted by molar-refractivity contribution is 0.468. The molecular weight excluding hydrogens is 276 g/mol. The Bertz CT molecular complexity index is 758. The van der Waals surface area contributed by atoms with E-state index in [-0.39, 0.29) is 11.8 Å². The molecule has 0 aliphatic heterocycles. The van der Waals surface area contributed by atoms with Gasteiger partial charge >= 0.3 is 0 Å². The fourth-order valence-electron chi connectivity index (χ4n) is 1.88. The van der Waals surface area contributed by atoms with Crippen molar-refractivity contribution in [2.24, 2.45) is 5.84 Å². The average Bonchev–Trinajstić information content (AvgIpc) is 2.50. The third kappa shape index (κ3) is 2.36.